The van der Waals surface area contributed by atoms with Gasteiger partial charge in [0, 0.05) is 44.3 Å². The highest BCUT2D eigenvalue weighted by Gasteiger charge is 2.38. The number of hydrogen-bond donors (Lipinski definition) is 0. The molecule has 0 fully saturated rings. The Labute approximate surface area is 365 Å². The topological polar surface area (TPSA) is 45.7 Å². The average molecular weight is 812 g/mol. The van der Waals surface area contributed by atoms with E-state index in [1.54, 1.807) is 0 Å². The Hall–Kier alpha value is -8.15. The van der Waals surface area contributed by atoms with Gasteiger partial charge in [-0.25, -0.2) is 4.98 Å². The fourth-order valence-corrected chi connectivity index (χ4v) is 9.72. The van der Waals surface area contributed by atoms with Crippen LogP contribution in [0.25, 0.3) is 66.7 Å². The SMILES string of the molecule is CC1(C)c2ccccc2-c2c(N(c3ccccc3)c3cc(N(c4ccc5oc6ccccc6c5c4)c4ccccc4-c4ccccc4)cc4nc(-c5ccccc5)oc34)cccc21. The third-order valence-corrected chi connectivity index (χ3v) is 12.7. The van der Waals surface area contributed by atoms with Gasteiger partial charge in [-0.2, -0.15) is 0 Å². The predicted molar refractivity (Wildman–Crippen MR) is 259 cm³/mol. The van der Waals surface area contributed by atoms with Crippen LogP contribution in [0.1, 0.15) is 25.0 Å². The molecule has 9 aromatic carbocycles. The van der Waals surface area contributed by atoms with Gasteiger partial charge in [0.05, 0.1) is 22.7 Å². The van der Waals surface area contributed by atoms with Crippen molar-refractivity contribution in [2.75, 3.05) is 9.80 Å². The van der Waals surface area contributed by atoms with E-state index in [2.05, 4.69) is 206 Å². The van der Waals surface area contributed by atoms with E-state index in [1.165, 1.54) is 22.3 Å². The average Bonchev–Trinajstić information content (AvgIpc) is 4.01. The normalized spacial score (nSPS) is 12.7. The van der Waals surface area contributed by atoms with Crippen LogP contribution in [0.15, 0.2) is 221 Å². The number of furan rings is 1. The lowest BCUT2D eigenvalue weighted by Crippen LogP contribution is -2.16. The minimum absolute atomic E-state index is 0.192. The van der Waals surface area contributed by atoms with E-state index in [4.69, 9.17) is 13.8 Å². The van der Waals surface area contributed by atoms with E-state index in [1.807, 2.05) is 30.3 Å². The highest BCUT2D eigenvalue weighted by molar-refractivity contribution is 6.08. The molecule has 0 spiro atoms. The van der Waals surface area contributed by atoms with Crippen LogP contribution >= 0.6 is 0 Å². The second-order valence-electron chi connectivity index (χ2n) is 16.7. The molecule has 0 atom stereocenters. The molecule has 1 aliphatic carbocycles. The molecule has 0 amide bonds. The molecule has 0 unspecified atom stereocenters. The predicted octanol–water partition coefficient (Wildman–Crippen LogP) is 16.3. The molecule has 0 bridgehead atoms. The second kappa shape index (κ2) is 14.5. The number of rotatable bonds is 8. The van der Waals surface area contributed by atoms with Crippen molar-refractivity contribution in [2.45, 2.75) is 19.3 Å². The Bertz CT molecular complexity index is 3500. The van der Waals surface area contributed by atoms with E-state index in [-0.39, 0.29) is 5.41 Å². The Morgan fingerprint density at radius 2 is 1.05 bits per heavy atom. The molecule has 0 saturated carbocycles. The van der Waals surface area contributed by atoms with E-state index in [0.717, 1.165) is 78.3 Å². The summed E-state index contributed by atoms with van der Waals surface area (Å²) in [5.41, 5.74) is 17.0. The monoisotopic (exact) mass is 811 g/mol. The van der Waals surface area contributed by atoms with Crippen molar-refractivity contribution in [3.8, 4) is 33.7 Å². The van der Waals surface area contributed by atoms with Crippen LogP contribution in [0, 0.1) is 0 Å². The van der Waals surface area contributed by atoms with E-state index < -0.39 is 0 Å². The van der Waals surface area contributed by atoms with Gasteiger partial charge in [-0.1, -0.05) is 153 Å². The Balaban J connectivity index is 1.18. The van der Waals surface area contributed by atoms with E-state index in [0.29, 0.717) is 11.5 Å². The Morgan fingerprint density at radius 1 is 0.413 bits per heavy atom. The summed E-state index contributed by atoms with van der Waals surface area (Å²) in [6.07, 6.45) is 0. The molecule has 0 radical (unpaired) electrons. The molecule has 5 nitrogen and oxygen atoms in total. The summed E-state index contributed by atoms with van der Waals surface area (Å²) < 4.78 is 13.4. The number of nitrogens with zero attached hydrogens (tertiary/aromatic N) is 3. The lowest BCUT2D eigenvalue weighted by atomic mass is 9.82. The van der Waals surface area contributed by atoms with Gasteiger partial charge in [0.1, 0.15) is 16.7 Å². The van der Waals surface area contributed by atoms with Crippen LogP contribution in [0.4, 0.5) is 34.1 Å². The zero-order valence-corrected chi connectivity index (χ0v) is 34.9. The largest absolute Gasteiger partial charge is 0.456 e. The standard InChI is InChI=1S/C58H41N3O2/c1-58(2)47-28-15-12-27-45(47)55-48(58)29-18-31-51(55)61(40-23-10-5-11-24-40)52-37-42(36-49-56(52)63-57(59-49)39-21-8-4-9-22-39)60(50-30-16-13-25-43(50)38-19-6-3-7-20-38)41-33-34-54-46(35-41)44-26-14-17-32-53(44)62-54/h3-37H,1-2H3. The number of fused-ring (bicyclic) bond motifs is 7. The second-order valence-corrected chi connectivity index (χ2v) is 16.7. The first kappa shape index (κ1) is 36.7. The maximum atomic E-state index is 6.99. The molecule has 1 aliphatic rings. The lowest BCUT2D eigenvalue weighted by Gasteiger charge is -2.31. The van der Waals surface area contributed by atoms with E-state index >= 15 is 0 Å². The lowest BCUT2D eigenvalue weighted by molar-refractivity contribution is 0.620. The number of benzene rings is 9. The molecule has 63 heavy (non-hydrogen) atoms. The van der Waals surface area contributed by atoms with Gasteiger partial charge in [0.25, 0.3) is 0 Å². The van der Waals surface area contributed by atoms with Crippen molar-refractivity contribution in [1.29, 1.82) is 0 Å². The van der Waals surface area contributed by atoms with Crippen LogP contribution in [-0.2, 0) is 5.41 Å². The van der Waals surface area contributed by atoms with Crippen molar-refractivity contribution in [1.82, 2.24) is 4.98 Å². The highest BCUT2D eigenvalue weighted by atomic mass is 16.3. The van der Waals surface area contributed by atoms with Gasteiger partial charge >= 0.3 is 0 Å². The van der Waals surface area contributed by atoms with Crippen LogP contribution in [0.2, 0.25) is 0 Å². The minimum atomic E-state index is -0.192. The van der Waals surface area contributed by atoms with Gasteiger partial charge in [0.2, 0.25) is 5.89 Å². The summed E-state index contributed by atoms with van der Waals surface area (Å²) in [6, 6.07) is 74.8. The van der Waals surface area contributed by atoms with Crippen molar-refractivity contribution < 1.29 is 8.83 Å². The summed E-state index contributed by atoms with van der Waals surface area (Å²) in [5.74, 6) is 0.560. The molecule has 0 saturated heterocycles. The van der Waals surface area contributed by atoms with Crippen molar-refractivity contribution in [3.05, 3.63) is 223 Å². The molecule has 2 heterocycles. The van der Waals surface area contributed by atoms with E-state index in [9.17, 15) is 0 Å². The Kier molecular flexibility index (Phi) is 8.44. The third kappa shape index (κ3) is 5.96. The summed E-state index contributed by atoms with van der Waals surface area (Å²) in [4.78, 5) is 10.0. The van der Waals surface area contributed by atoms with Crippen LogP contribution in [0.5, 0.6) is 0 Å². The van der Waals surface area contributed by atoms with Crippen LogP contribution < -0.4 is 9.80 Å². The van der Waals surface area contributed by atoms with Gasteiger partial charge in [0.15, 0.2) is 5.58 Å². The number of oxazole rings is 1. The van der Waals surface area contributed by atoms with Gasteiger partial charge < -0.3 is 18.6 Å². The molecular formula is C58H41N3O2. The molecule has 300 valence electrons. The molecule has 12 rings (SSSR count). The van der Waals surface area contributed by atoms with Crippen molar-refractivity contribution in [2.24, 2.45) is 0 Å². The highest BCUT2D eigenvalue weighted by Crippen LogP contribution is 2.55. The zero-order chi connectivity index (χ0) is 42.1. The van der Waals surface area contributed by atoms with Crippen LogP contribution in [-0.4, -0.2) is 4.98 Å². The Morgan fingerprint density at radius 3 is 1.86 bits per heavy atom. The smallest absolute Gasteiger partial charge is 0.227 e. The zero-order valence-electron chi connectivity index (χ0n) is 34.9. The minimum Gasteiger partial charge on any atom is -0.456 e. The fourth-order valence-electron chi connectivity index (χ4n) is 9.72. The molecule has 0 aliphatic heterocycles. The fraction of sp³-hybridized carbons (Fsp3) is 0.0517. The number of para-hydroxylation sites is 3. The van der Waals surface area contributed by atoms with Crippen molar-refractivity contribution >= 4 is 67.2 Å². The first-order chi connectivity index (χ1) is 31.0. The van der Waals surface area contributed by atoms with Gasteiger partial charge in [-0.3, -0.25) is 0 Å². The number of hydrogen-bond acceptors (Lipinski definition) is 5. The summed E-state index contributed by atoms with van der Waals surface area (Å²) in [7, 11) is 0. The summed E-state index contributed by atoms with van der Waals surface area (Å²) >= 11 is 0. The summed E-state index contributed by atoms with van der Waals surface area (Å²) in [6.45, 7) is 4.66. The first-order valence-electron chi connectivity index (χ1n) is 21.5. The van der Waals surface area contributed by atoms with Gasteiger partial charge in [-0.15, -0.1) is 0 Å². The quantitative estimate of drug-likeness (QED) is 0.153. The number of aromatic nitrogens is 1. The summed E-state index contributed by atoms with van der Waals surface area (Å²) in [5, 5.41) is 2.12. The van der Waals surface area contributed by atoms with Crippen LogP contribution in [0.3, 0.4) is 0 Å². The first-order valence-corrected chi connectivity index (χ1v) is 21.5. The third-order valence-electron chi connectivity index (χ3n) is 12.7. The molecule has 11 aromatic rings. The molecule has 2 aromatic heterocycles. The molecule has 5 heteroatoms. The maximum absolute atomic E-state index is 6.99. The van der Waals surface area contributed by atoms with Crippen molar-refractivity contribution in [3.63, 3.8) is 0 Å². The van der Waals surface area contributed by atoms with Gasteiger partial charge in [-0.05, 0) is 95.1 Å². The maximum Gasteiger partial charge on any atom is 0.227 e. The molecule has 0 N–H and O–H groups in total. The number of anilines is 6. The molecular weight excluding hydrogens is 771 g/mol.